The number of benzene rings is 9. The van der Waals surface area contributed by atoms with Crippen LogP contribution in [0.4, 0.5) is 57.4 Å². The van der Waals surface area contributed by atoms with E-state index in [1.54, 1.807) is 30.3 Å². The molecule has 18 rings (SSSR count). The Morgan fingerprint density at radius 3 is 1.47 bits per heavy atom. The number of hydrogen-bond donors (Lipinski definition) is 6. The highest BCUT2D eigenvalue weighted by molar-refractivity contribution is 6.07. The van der Waals surface area contributed by atoms with Gasteiger partial charge in [-0.3, -0.25) is 33.7 Å². The summed E-state index contributed by atoms with van der Waals surface area (Å²) < 4.78 is 58.8. The molecule has 0 saturated carbocycles. The number of rotatable bonds is 25. The SMILES string of the molecule is CC(C)[C@H]1C(=O)Nc2ccc(NCCCN(C)C)cc2-c2nc3cc(C(=O)N4CCN(c5ccc(F)cc5)CC4)ccc3n21.CC[C@H](C)C1C(=O)Nc2ccc(N3CCN(Cc4ccccc4)CC3)cc2-c2nc3cc(C(=O)N(C)C4CCN(C)CC4)ccc3n21.CC[C@H](C)C1C(=O)Nc2ccc(NCCCN(C)C)cc2-c2nc3cc(C(=O)NCc4cccc(C(F)(F)F)c4)ccc3n21. The quantitative estimate of drug-likeness (QED) is 0.0230. The molecule has 12 aromatic rings. The van der Waals surface area contributed by atoms with Gasteiger partial charge in [-0.2, -0.15) is 13.2 Å². The van der Waals surface area contributed by atoms with E-state index in [2.05, 4.69) is 149 Å². The van der Waals surface area contributed by atoms with Crippen LogP contribution in [0, 0.1) is 23.6 Å². The number of nitrogens with zero attached hydrogens (tertiary/aromatic N) is 14. The van der Waals surface area contributed by atoms with Crippen LogP contribution in [0.15, 0.2) is 188 Å². The first-order chi connectivity index (χ1) is 64.9. The van der Waals surface area contributed by atoms with Gasteiger partial charge in [-0.1, -0.05) is 96.8 Å². The van der Waals surface area contributed by atoms with Crippen molar-refractivity contribution in [2.45, 2.75) is 124 Å². The maximum absolute atomic E-state index is 13.9. The van der Waals surface area contributed by atoms with Crippen LogP contribution in [0.25, 0.3) is 67.3 Å². The highest BCUT2D eigenvalue weighted by Gasteiger charge is 2.40. The third-order valence-electron chi connectivity index (χ3n) is 27.2. The lowest BCUT2D eigenvalue weighted by Gasteiger charge is -2.36. The van der Waals surface area contributed by atoms with Crippen LogP contribution in [-0.4, -0.2) is 233 Å². The van der Waals surface area contributed by atoms with E-state index in [0.717, 1.165) is 196 Å². The second-order valence-corrected chi connectivity index (χ2v) is 37.6. The second kappa shape index (κ2) is 41.4. The van der Waals surface area contributed by atoms with Crippen LogP contribution in [0.1, 0.15) is 146 Å². The Kier molecular flexibility index (Phi) is 29.2. The van der Waals surface area contributed by atoms with Gasteiger partial charge < -0.3 is 79.9 Å². The van der Waals surface area contributed by atoms with Gasteiger partial charge in [0.1, 0.15) is 41.4 Å². The Morgan fingerprint density at radius 2 is 0.948 bits per heavy atom. The van der Waals surface area contributed by atoms with Gasteiger partial charge in [0.15, 0.2) is 0 Å². The number of fused-ring (bicyclic) bond motifs is 15. The van der Waals surface area contributed by atoms with Crippen molar-refractivity contribution in [3.63, 3.8) is 0 Å². The van der Waals surface area contributed by atoms with Gasteiger partial charge in [0.25, 0.3) is 17.7 Å². The Morgan fingerprint density at radius 1 is 0.489 bits per heavy atom. The van der Waals surface area contributed by atoms with E-state index in [0.29, 0.717) is 82.3 Å². The molecule has 3 fully saturated rings. The molecular formula is C105H124F4N20O6. The summed E-state index contributed by atoms with van der Waals surface area (Å²) in [5.74, 6) is 1.26. The zero-order chi connectivity index (χ0) is 95.2. The number of nitrogens with one attached hydrogen (secondary N) is 6. The predicted molar refractivity (Wildman–Crippen MR) is 529 cm³/mol. The predicted octanol–water partition coefficient (Wildman–Crippen LogP) is 17.6. The fourth-order valence-electron chi connectivity index (χ4n) is 19.2. The van der Waals surface area contributed by atoms with E-state index in [9.17, 15) is 46.3 Å². The fourth-order valence-corrected chi connectivity index (χ4v) is 19.2. The van der Waals surface area contributed by atoms with Gasteiger partial charge in [-0.05, 0) is 262 Å². The highest BCUT2D eigenvalue weighted by atomic mass is 19.4. The van der Waals surface area contributed by atoms with Gasteiger partial charge in [0.2, 0.25) is 17.7 Å². The summed E-state index contributed by atoms with van der Waals surface area (Å²) in [6.07, 6.45) is 1.09. The number of carbonyl (C=O) groups is 6. The minimum atomic E-state index is -4.46. The van der Waals surface area contributed by atoms with Crippen molar-refractivity contribution in [2.24, 2.45) is 17.8 Å². The molecule has 5 atom stereocenters. The summed E-state index contributed by atoms with van der Waals surface area (Å²) in [5.41, 5.74) is 15.5. The molecule has 0 bridgehead atoms. The monoisotopic (exact) mass is 1840 g/mol. The van der Waals surface area contributed by atoms with Gasteiger partial charge >= 0.3 is 6.18 Å². The van der Waals surface area contributed by atoms with E-state index < -0.39 is 35.8 Å². The van der Waals surface area contributed by atoms with Crippen LogP contribution in [0.5, 0.6) is 0 Å². The topological polar surface area (TPSA) is 254 Å². The van der Waals surface area contributed by atoms with E-state index in [1.807, 2.05) is 141 Å². The number of anilines is 7. The van der Waals surface area contributed by atoms with Crippen LogP contribution >= 0.6 is 0 Å². The summed E-state index contributed by atoms with van der Waals surface area (Å²) in [6.45, 7) is 25.2. The molecule has 9 heterocycles. The number of imidazole rings is 3. The van der Waals surface area contributed by atoms with Gasteiger partial charge in [-0.15, -0.1) is 0 Å². The first kappa shape index (κ1) is 95.1. The Hall–Kier alpha value is -13.0. The number of halogens is 4. The number of alkyl halides is 3. The Balaban J connectivity index is 0.000000147. The molecule has 0 spiro atoms. The Bertz CT molecular complexity index is 6310. The van der Waals surface area contributed by atoms with E-state index >= 15 is 0 Å². The molecule has 3 aromatic heterocycles. The molecular weight excluding hydrogens is 1710 g/mol. The van der Waals surface area contributed by atoms with Crippen molar-refractivity contribution in [2.75, 3.05) is 170 Å². The van der Waals surface area contributed by atoms with E-state index in [4.69, 9.17) is 15.0 Å². The van der Waals surface area contributed by atoms with Crippen molar-refractivity contribution >= 4 is 108 Å². The number of piperazine rings is 2. The smallest absolute Gasteiger partial charge is 0.385 e. The highest BCUT2D eigenvalue weighted by Crippen LogP contribution is 2.46. The lowest BCUT2D eigenvalue weighted by Crippen LogP contribution is -2.48. The average Bonchev–Trinajstić information content (AvgIpc) is 1.60. The molecule has 6 aliphatic rings. The lowest BCUT2D eigenvalue weighted by molar-refractivity contribution is -0.137. The molecule has 135 heavy (non-hydrogen) atoms. The molecule has 6 aliphatic heterocycles. The van der Waals surface area contributed by atoms with Crippen molar-refractivity contribution in [1.29, 1.82) is 0 Å². The van der Waals surface area contributed by atoms with Crippen molar-refractivity contribution in [3.8, 4) is 34.2 Å². The van der Waals surface area contributed by atoms with Gasteiger partial charge in [0, 0.05) is 148 Å². The molecule has 2 unspecified atom stereocenters. The zero-order valence-corrected chi connectivity index (χ0v) is 79.2. The maximum Gasteiger partial charge on any atom is 0.416 e. The summed E-state index contributed by atoms with van der Waals surface area (Å²) >= 11 is 0. The molecule has 9 aromatic carbocycles. The third kappa shape index (κ3) is 21.2. The maximum atomic E-state index is 13.9. The molecule has 708 valence electrons. The minimum absolute atomic E-state index is 0.000437. The fraction of sp³-hybridized carbons (Fsp3) is 0.400. The molecule has 26 nitrogen and oxygen atoms in total. The molecule has 30 heteroatoms. The van der Waals surface area contributed by atoms with E-state index in [1.165, 1.54) is 29.8 Å². The van der Waals surface area contributed by atoms with Crippen molar-refractivity contribution < 1.29 is 46.3 Å². The number of hydrogen-bond acceptors (Lipinski definition) is 17. The van der Waals surface area contributed by atoms with Gasteiger partial charge in [-0.25, -0.2) is 19.3 Å². The second-order valence-electron chi connectivity index (χ2n) is 37.6. The van der Waals surface area contributed by atoms with Crippen LogP contribution in [-0.2, 0) is 33.6 Å². The summed E-state index contributed by atoms with van der Waals surface area (Å²) in [7, 11) is 12.3. The zero-order valence-electron chi connectivity index (χ0n) is 79.2. The standard InChI is InChI=1S/C38H47N7O2.C34H40FN7O2.C33H37F3N6O2/c1-5-26(2)35-37(46)40-32-13-12-30(44-21-19-43(20-22-44)25-27-9-7-6-8-10-27)24-31(32)36-39-33-23-28(11-14-34(33)45(35)36)38(47)42(4)29-15-17-41(3)18-16-29;1-22(2)31-33(43)38-28-12-9-25(36-14-5-15-39(3)4)21-27(28)32-37-29-20-23(6-13-30(29)42(31)32)34(44)41-18-16-40(17-19-41)26-10-7-24(35)8-11-26;1-5-20(2)29-32(44)40-26-12-11-24(37-14-7-15-41(3)4)18-25(26)30-39-27-17-22(10-13-28(27)42(29)30)31(43)38-19-21-8-6-9-23(16-21)33(34,35)36/h6-14,23-24,26,29,35H,5,15-22,25H2,1-4H3,(H,40,46);6-13,20-22,31,36H,5,14-19H2,1-4H3,(H,38,43);6,8-13,16-18,20,29,37H,5,7,14-15,19H2,1-4H3,(H,38,43)(H,40,44)/t26-,35?;31-;20-,29?/m000/s1. The van der Waals surface area contributed by atoms with Crippen molar-refractivity contribution in [1.82, 2.24) is 63.4 Å². The molecule has 6 N–H and O–H groups in total. The largest absolute Gasteiger partial charge is 0.416 e. The van der Waals surface area contributed by atoms with Crippen LogP contribution in [0.2, 0.25) is 0 Å². The summed E-state index contributed by atoms with van der Waals surface area (Å²) in [5, 5.41) is 19.2. The third-order valence-corrected chi connectivity index (χ3v) is 27.2. The number of carbonyl (C=O) groups excluding carboxylic acids is 6. The Labute approximate surface area is 786 Å². The van der Waals surface area contributed by atoms with E-state index in [-0.39, 0.29) is 65.7 Å². The van der Waals surface area contributed by atoms with Gasteiger partial charge in [0.05, 0.1) is 55.7 Å². The molecule has 0 radical (unpaired) electrons. The average molecular weight is 1840 g/mol. The number of aromatic nitrogens is 6. The number of piperidine rings is 1. The number of amides is 6. The number of likely N-dealkylation sites (tertiary alicyclic amines) is 1. The normalized spacial score (nSPS) is 17.4. The molecule has 0 aliphatic carbocycles. The molecule has 6 amide bonds. The summed E-state index contributed by atoms with van der Waals surface area (Å²) in [4.78, 5) is 114. The lowest BCUT2D eigenvalue weighted by atomic mass is 9.97. The minimum Gasteiger partial charge on any atom is -0.385 e. The van der Waals surface area contributed by atoms with Crippen LogP contribution in [0.3, 0.4) is 0 Å². The first-order valence-corrected chi connectivity index (χ1v) is 47.4. The first-order valence-electron chi connectivity index (χ1n) is 47.4. The molecule has 3 saturated heterocycles. The summed E-state index contributed by atoms with van der Waals surface area (Å²) in [6, 6.07) is 55.5. The van der Waals surface area contributed by atoms with Crippen molar-refractivity contribution in [3.05, 3.63) is 227 Å². The van der Waals surface area contributed by atoms with Crippen LogP contribution < -0.4 is 41.7 Å².